The van der Waals surface area contributed by atoms with Crippen molar-refractivity contribution >= 4 is 54.4 Å². The zero-order valence-electron chi connectivity index (χ0n) is 33.0. The van der Waals surface area contributed by atoms with Crippen molar-refractivity contribution in [3.63, 3.8) is 0 Å². The zero-order chi connectivity index (χ0) is 40.3. The van der Waals surface area contributed by atoms with E-state index < -0.39 is 0 Å². The maximum Gasteiger partial charge on any atom is 0.160 e. The van der Waals surface area contributed by atoms with Crippen molar-refractivity contribution in [1.29, 1.82) is 0 Å². The van der Waals surface area contributed by atoms with E-state index in [0.717, 1.165) is 88.7 Å². The predicted octanol–water partition coefficient (Wildman–Crippen LogP) is 15.2. The fraction of sp³-hybridized carbons (Fsp3) is 0. The highest BCUT2D eigenvalue weighted by Gasteiger charge is 2.22. The molecule has 12 aromatic rings. The Labute approximate surface area is 352 Å². The van der Waals surface area contributed by atoms with Crippen molar-refractivity contribution in [3.8, 4) is 67.4 Å². The predicted molar refractivity (Wildman–Crippen MR) is 252 cm³/mol. The Morgan fingerprint density at radius 3 is 1.62 bits per heavy atom. The van der Waals surface area contributed by atoms with Crippen LogP contribution in [0.3, 0.4) is 0 Å². The molecule has 0 unspecified atom stereocenters. The number of aromatic nitrogens is 3. The van der Waals surface area contributed by atoms with Gasteiger partial charge in [0.1, 0.15) is 11.2 Å². The topological polar surface area (TPSA) is 51.8 Å². The Morgan fingerprint density at radius 2 is 0.869 bits per heavy atom. The molecule has 0 saturated carbocycles. The van der Waals surface area contributed by atoms with Crippen LogP contribution in [0.1, 0.15) is 0 Å². The van der Waals surface area contributed by atoms with Gasteiger partial charge in [-0.15, -0.1) is 0 Å². The summed E-state index contributed by atoms with van der Waals surface area (Å²) in [5.74, 6) is 0.667. The minimum atomic E-state index is 0.667. The molecular formula is C57H35N3O. The molecule has 61 heavy (non-hydrogen) atoms. The van der Waals surface area contributed by atoms with E-state index in [1.165, 1.54) is 27.3 Å². The van der Waals surface area contributed by atoms with Crippen molar-refractivity contribution in [2.45, 2.75) is 0 Å². The SMILES string of the molecule is c1ccc(-c2ccc(-c3cc(-c4ccccc4)nc(-c4ccc(-c5cccc6c5nc(-c5cc7ccccc7c7ccccc57)c5c7ccccc7oc65)cc4)n3)cc2)cc1. The van der Waals surface area contributed by atoms with Gasteiger partial charge in [-0.1, -0.05) is 188 Å². The molecule has 4 heteroatoms. The molecule has 284 valence electrons. The maximum atomic E-state index is 6.76. The Balaban J connectivity index is 1.01. The number of rotatable bonds is 6. The minimum Gasteiger partial charge on any atom is -0.455 e. The minimum absolute atomic E-state index is 0.667. The van der Waals surface area contributed by atoms with Gasteiger partial charge < -0.3 is 4.42 Å². The molecule has 0 radical (unpaired) electrons. The number of hydrogen-bond acceptors (Lipinski definition) is 4. The van der Waals surface area contributed by atoms with Gasteiger partial charge in [0.05, 0.1) is 28.0 Å². The highest BCUT2D eigenvalue weighted by molar-refractivity contribution is 6.24. The third kappa shape index (κ3) is 5.96. The summed E-state index contributed by atoms with van der Waals surface area (Å²) in [5.41, 5.74) is 13.7. The van der Waals surface area contributed by atoms with Gasteiger partial charge in [0.2, 0.25) is 0 Å². The monoisotopic (exact) mass is 777 g/mol. The largest absolute Gasteiger partial charge is 0.455 e. The van der Waals surface area contributed by atoms with E-state index in [1.54, 1.807) is 0 Å². The van der Waals surface area contributed by atoms with Gasteiger partial charge >= 0.3 is 0 Å². The third-order valence-corrected chi connectivity index (χ3v) is 11.9. The van der Waals surface area contributed by atoms with Crippen molar-refractivity contribution in [1.82, 2.24) is 15.0 Å². The second-order valence-electron chi connectivity index (χ2n) is 15.5. The van der Waals surface area contributed by atoms with Crippen LogP contribution in [-0.2, 0) is 0 Å². The van der Waals surface area contributed by atoms with Crippen LogP contribution in [0.25, 0.3) is 122 Å². The second kappa shape index (κ2) is 14.3. The highest BCUT2D eigenvalue weighted by Crippen LogP contribution is 2.44. The average Bonchev–Trinajstić information content (AvgIpc) is 3.74. The van der Waals surface area contributed by atoms with Crippen LogP contribution in [0.4, 0.5) is 0 Å². The molecule has 0 aliphatic carbocycles. The van der Waals surface area contributed by atoms with Crippen molar-refractivity contribution in [2.24, 2.45) is 0 Å². The first-order chi connectivity index (χ1) is 30.2. The summed E-state index contributed by atoms with van der Waals surface area (Å²) in [4.78, 5) is 15.9. The molecule has 0 aliphatic heterocycles. The zero-order valence-corrected chi connectivity index (χ0v) is 33.0. The summed E-state index contributed by atoms with van der Waals surface area (Å²) >= 11 is 0. The molecule has 0 atom stereocenters. The number of hydrogen-bond donors (Lipinski definition) is 0. The molecule has 0 spiro atoms. The van der Waals surface area contributed by atoms with E-state index in [4.69, 9.17) is 19.4 Å². The Hall–Kier alpha value is -8.21. The lowest BCUT2D eigenvalue weighted by Gasteiger charge is -2.14. The van der Waals surface area contributed by atoms with Gasteiger partial charge in [-0.05, 0) is 62.5 Å². The molecule has 0 N–H and O–H groups in total. The number of furan rings is 1. The summed E-state index contributed by atoms with van der Waals surface area (Å²) in [6.45, 7) is 0. The van der Waals surface area contributed by atoms with Gasteiger partial charge in [-0.2, -0.15) is 0 Å². The van der Waals surface area contributed by atoms with Gasteiger partial charge in [0.15, 0.2) is 5.82 Å². The highest BCUT2D eigenvalue weighted by atomic mass is 16.3. The van der Waals surface area contributed by atoms with Crippen LogP contribution in [0.5, 0.6) is 0 Å². The van der Waals surface area contributed by atoms with Crippen molar-refractivity contribution in [3.05, 3.63) is 212 Å². The summed E-state index contributed by atoms with van der Waals surface area (Å²) < 4.78 is 6.76. The van der Waals surface area contributed by atoms with Crippen LogP contribution in [0.15, 0.2) is 217 Å². The molecule has 0 aliphatic rings. The smallest absolute Gasteiger partial charge is 0.160 e. The molecule has 0 amide bonds. The van der Waals surface area contributed by atoms with Gasteiger partial charge in [-0.25, -0.2) is 15.0 Å². The standard InChI is InChI=1S/C57H35N3O/c1-3-14-36(15-4-1)37-26-30-40(31-27-37)51-35-50(39-16-5-2-6-17-39)58-57(59-51)41-32-28-38(29-33-41)44-23-13-24-48-54(44)60-55(53-47-22-11-12-25-52(47)61-56(48)53)49-34-42-18-7-8-19-43(42)45-20-9-10-21-46(45)49/h1-35H. The fourth-order valence-corrected chi connectivity index (χ4v) is 8.91. The second-order valence-corrected chi connectivity index (χ2v) is 15.5. The van der Waals surface area contributed by atoms with Crippen molar-refractivity contribution in [2.75, 3.05) is 0 Å². The maximum absolute atomic E-state index is 6.76. The number of para-hydroxylation sites is 2. The lowest BCUT2D eigenvalue weighted by atomic mass is 9.92. The van der Waals surface area contributed by atoms with Gasteiger partial charge in [-0.3, -0.25) is 0 Å². The normalized spacial score (nSPS) is 11.6. The number of fused-ring (bicyclic) bond motifs is 8. The molecular weight excluding hydrogens is 743 g/mol. The lowest BCUT2D eigenvalue weighted by Crippen LogP contribution is -1.96. The van der Waals surface area contributed by atoms with Gasteiger partial charge in [0.25, 0.3) is 0 Å². The van der Waals surface area contributed by atoms with E-state index in [-0.39, 0.29) is 0 Å². The fourth-order valence-electron chi connectivity index (χ4n) is 8.91. The van der Waals surface area contributed by atoms with Crippen LogP contribution in [-0.4, -0.2) is 15.0 Å². The van der Waals surface area contributed by atoms with E-state index in [2.05, 4.69) is 176 Å². The Kier molecular flexibility index (Phi) is 8.13. The summed E-state index contributed by atoms with van der Waals surface area (Å²) in [6.07, 6.45) is 0. The Bertz CT molecular complexity index is 3610. The first kappa shape index (κ1) is 34.8. The summed E-state index contributed by atoms with van der Waals surface area (Å²) in [5, 5.41) is 7.81. The van der Waals surface area contributed by atoms with E-state index in [0.29, 0.717) is 5.82 Å². The average molecular weight is 778 g/mol. The Morgan fingerprint density at radius 1 is 0.328 bits per heavy atom. The molecule has 4 nitrogen and oxygen atoms in total. The molecule has 0 fully saturated rings. The van der Waals surface area contributed by atoms with Crippen LogP contribution in [0, 0.1) is 0 Å². The molecule has 3 aromatic heterocycles. The van der Waals surface area contributed by atoms with Crippen LogP contribution >= 0.6 is 0 Å². The summed E-state index contributed by atoms with van der Waals surface area (Å²) in [6, 6.07) is 74.3. The van der Waals surface area contributed by atoms with Gasteiger partial charge in [0, 0.05) is 38.6 Å². The molecule has 0 bridgehead atoms. The van der Waals surface area contributed by atoms with Crippen LogP contribution < -0.4 is 0 Å². The molecule has 3 heterocycles. The molecule has 9 aromatic carbocycles. The quantitative estimate of drug-likeness (QED) is 0.158. The molecule has 0 saturated heterocycles. The van der Waals surface area contributed by atoms with E-state index in [9.17, 15) is 0 Å². The first-order valence-electron chi connectivity index (χ1n) is 20.6. The first-order valence-corrected chi connectivity index (χ1v) is 20.6. The summed E-state index contributed by atoms with van der Waals surface area (Å²) in [7, 11) is 0. The van der Waals surface area contributed by atoms with E-state index >= 15 is 0 Å². The molecule has 12 rings (SSSR count). The number of benzene rings is 9. The van der Waals surface area contributed by atoms with Crippen LogP contribution in [0.2, 0.25) is 0 Å². The lowest BCUT2D eigenvalue weighted by molar-refractivity contribution is 0.672. The van der Waals surface area contributed by atoms with Crippen molar-refractivity contribution < 1.29 is 4.42 Å². The van der Waals surface area contributed by atoms with E-state index in [1.807, 2.05) is 36.4 Å². The number of pyridine rings is 1. The number of nitrogens with zero attached hydrogens (tertiary/aromatic N) is 3. The third-order valence-electron chi connectivity index (χ3n) is 11.9.